The van der Waals surface area contributed by atoms with Crippen LogP contribution in [0.25, 0.3) is 11.0 Å². The average Bonchev–Trinajstić information content (AvgIpc) is 2.94. The van der Waals surface area contributed by atoms with Gasteiger partial charge < -0.3 is 9.88 Å². The number of rotatable bonds is 6. The van der Waals surface area contributed by atoms with Crippen LogP contribution in [0.2, 0.25) is 0 Å². The summed E-state index contributed by atoms with van der Waals surface area (Å²) in [6.45, 7) is 4.41. The first kappa shape index (κ1) is 16.2. The molecule has 0 aliphatic heterocycles. The van der Waals surface area contributed by atoms with Gasteiger partial charge in [0.1, 0.15) is 5.82 Å². The molecule has 0 aliphatic rings. The van der Waals surface area contributed by atoms with Crippen LogP contribution in [0.15, 0.2) is 54.6 Å². The maximum atomic E-state index is 11.4. The molecule has 2 aromatic carbocycles. The minimum Gasteiger partial charge on any atom is -0.347 e. The largest absolute Gasteiger partial charge is 0.347 e. The van der Waals surface area contributed by atoms with Crippen molar-refractivity contribution in [3.8, 4) is 0 Å². The van der Waals surface area contributed by atoms with E-state index >= 15 is 0 Å². The number of carbonyl (C=O) groups is 1. The third-order valence-corrected chi connectivity index (χ3v) is 4.18. The minimum atomic E-state index is -0.105. The van der Waals surface area contributed by atoms with Gasteiger partial charge in [-0.25, -0.2) is 4.98 Å². The van der Waals surface area contributed by atoms with E-state index in [0.29, 0.717) is 0 Å². The summed E-state index contributed by atoms with van der Waals surface area (Å²) >= 11 is 0. The maximum absolute atomic E-state index is 11.4. The first-order chi connectivity index (χ1) is 11.6. The summed E-state index contributed by atoms with van der Waals surface area (Å²) in [6.07, 6.45) is 2.06. The van der Waals surface area contributed by atoms with Crippen molar-refractivity contribution in [3.05, 3.63) is 66.0 Å². The molecule has 0 fully saturated rings. The van der Waals surface area contributed by atoms with Crippen molar-refractivity contribution in [2.45, 2.75) is 39.3 Å². The number of benzene rings is 2. The van der Waals surface area contributed by atoms with Gasteiger partial charge in [-0.1, -0.05) is 42.5 Å². The first-order valence-corrected chi connectivity index (χ1v) is 8.41. The molecule has 4 heteroatoms. The van der Waals surface area contributed by atoms with E-state index in [4.69, 9.17) is 4.98 Å². The molecular weight excluding hydrogens is 298 g/mol. The van der Waals surface area contributed by atoms with Crippen LogP contribution < -0.4 is 5.32 Å². The Bertz CT molecular complexity index is 823. The van der Waals surface area contributed by atoms with Crippen molar-refractivity contribution < 1.29 is 4.79 Å². The highest BCUT2D eigenvalue weighted by Gasteiger charge is 2.16. The van der Waals surface area contributed by atoms with Crippen LogP contribution in [0.1, 0.15) is 37.7 Å². The Labute approximate surface area is 142 Å². The lowest BCUT2D eigenvalue weighted by Crippen LogP contribution is -2.26. The Kier molecular flexibility index (Phi) is 4.94. The van der Waals surface area contributed by atoms with Crippen molar-refractivity contribution in [2.75, 3.05) is 0 Å². The Hall–Kier alpha value is -2.62. The highest BCUT2D eigenvalue weighted by atomic mass is 16.1. The summed E-state index contributed by atoms with van der Waals surface area (Å²) in [7, 11) is 0. The molecule has 1 heterocycles. The third kappa shape index (κ3) is 3.65. The smallest absolute Gasteiger partial charge is 0.217 e. The second-order valence-electron chi connectivity index (χ2n) is 6.12. The Morgan fingerprint density at radius 3 is 2.58 bits per heavy atom. The number of imidazole rings is 1. The van der Waals surface area contributed by atoms with Gasteiger partial charge in [0.15, 0.2) is 0 Å². The number of para-hydroxylation sites is 2. The van der Waals surface area contributed by atoms with Gasteiger partial charge in [-0.2, -0.15) is 0 Å². The number of hydrogen-bond acceptors (Lipinski definition) is 2. The van der Waals surface area contributed by atoms with Gasteiger partial charge >= 0.3 is 0 Å². The number of aromatic nitrogens is 2. The third-order valence-electron chi connectivity index (χ3n) is 4.18. The van der Waals surface area contributed by atoms with E-state index in [1.807, 2.05) is 31.2 Å². The zero-order valence-corrected chi connectivity index (χ0v) is 14.2. The molecule has 0 saturated carbocycles. The predicted molar refractivity (Wildman–Crippen MR) is 96.7 cm³/mol. The van der Waals surface area contributed by atoms with E-state index in [-0.39, 0.29) is 11.9 Å². The van der Waals surface area contributed by atoms with E-state index < -0.39 is 0 Å². The van der Waals surface area contributed by atoms with Crippen LogP contribution in [0, 0.1) is 0 Å². The van der Waals surface area contributed by atoms with Gasteiger partial charge in [0.05, 0.1) is 17.1 Å². The molecule has 3 rings (SSSR count). The van der Waals surface area contributed by atoms with Crippen LogP contribution in [-0.2, 0) is 17.8 Å². The van der Waals surface area contributed by atoms with Crippen LogP contribution >= 0.6 is 0 Å². The molecule has 4 nitrogen and oxygen atoms in total. The zero-order valence-electron chi connectivity index (χ0n) is 14.2. The van der Waals surface area contributed by atoms with Crippen molar-refractivity contribution >= 4 is 16.9 Å². The predicted octanol–water partition coefficient (Wildman–Crippen LogP) is 3.87. The Balaban J connectivity index is 1.83. The number of nitrogens with zero attached hydrogens (tertiary/aromatic N) is 2. The van der Waals surface area contributed by atoms with Crippen LogP contribution in [0.3, 0.4) is 0 Å². The number of nitrogens with one attached hydrogen (secondary N) is 1. The fraction of sp³-hybridized carbons (Fsp3) is 0.300. The normalized spacial score (nSPS) is 12.2. The molecule has 1 aromatic heterocycles. The lowest BCUT2D eigenvalue weighted by atomic mass is 10.1. The summed E-state index contributed by atoms with van der Waals surface area (Å²) in [5.74, 6) is 0.879. The van der Waals surface area contributed by atoms with Gasteiger partial charge in [-0.05, 0) is 37.5 Å². The van der Waals surface area contributed by atoms with E-state index in [0.717, 1.165) is 36.2 Å². The first-order valence-electron chi connectivity index (χ1n) is 8.41. The number of hydrogen-bond donors (Lipinski definition) is 1. The molecule has 0 spiro atoms. The van der Waals surface area contributed by atoms with E-state index in [1.54, 1.807) is 6.92 Å². The topological polar surface area (TPSA) is 46.9 Å². The lowest BCUT2D eigenvalue weighted by molar-refractivity contribution is -0.119. The molecule has 0 bridgehead atoms. The highest BCUT2D eigenvalue weighted by Crippen LogP contribution is 2.21. The molecular formula is C20H23N3O. The monoisotopic (exact) mass is 321 g/mol. The average molecular weight is 321 g/mol. The van der Waals surface area contributed by atoms with Gasteiger partial charge in [0.25, 0.3) is 0 Å². The second-order valence-corrected chi connectivity index (χ2v) is 6.12. The minimum absolute atomic E-state index is 0.0367. The van der Waals surface area contributed by atoms with E-state index in [1.165, 1.54) is 5.56 Å². The molecule has 24 heavy (non-hydrogen) atoms. The van der Waals surface area contributed by atoms with Crippen LogP contribution in [0.4, 0.5) is 0 Å². The molecule has 0 aliphatic carbocycles. The van der Waals surface area contributed by atoms with Gasteiger partial charge in [-0.3, -0.25) is 4.79 Å². The summed E-state index contributed by atoms with van der Waals surface area (Å²) < 4.78 is 2.24. The molecule has 1 unspecified atom stereocenters. The van der Waals surface area contributed by atoms with Crippen molar-refractivity contribution in [1.29, 1.82) is 0 Å². The molecule has 1 atom stereocenters. The summed E-state index contributed by atoms with van der Waals surface area (Å²) in [4.78, 5) is 16.1. The highest BCUT2D eigenvalue weighted by molar-refractivity contribution is 5.77. The second kappa shape index (κ2) is 7.30. The number of aryl methyl sites for hydroxylation is 2. The molecule has 124 valence electrons. The molecule has 1 N–H and O–H groups in total. The lowest BCUT2D eigenvalue weighted by Gasteiger charge is -2.15. The summed E-state index contributed by atoms with van der Waals surface area (Å²) in [6, 6.07) is 18.5. The number of fused-ring (bicyclic) bond motifs is 1. The van der Waals surface area contributed by atoms with Crippen molar-refractivity contribution in [3.63, 3.8) is 0 Å². The van der Waals surface area contributed by atoms with Gasteiger partial charge in [0.2, 0.25) is 5.91 Å². The summed E-state index contributed by atoms with van der Waals surface area (Å²) in [5.41, 5.74) is 3.44. The SMILES string of the molecule is CC(=O)NC(C)c1nc2ccccc2n1CCCc1ccccc1. The van der Waals surface area contributed by atoms with Gasteiger partial charge in [0, 0.05) is 13.5 Å². The Morgan fingerprint density at radius 1 is 1.12 bits per heavy atom. The zero-order chi connectivity index (χ0) is 16.9. The fourth-order valence-corrected chi connectivity index (χ4v) is 3.12. The standard InChI is InChI=1S/C20H23N3O/c1-15(21-16(2)24)20-22-18-12-6-7-13-19(18)23(20)14-8-11-17-9-4-3-5-10-17/h3-7,9-10,12-13,15H,8,11,14H2,1-2H3,(H,21,24). The maximum Gasteiger partial charge on any atom is 0.217 e. The number of amides is 1. The molecule has 0 radical (unpaired) electrons. The molecule has 3 aromatic rings. The van der Waals surface area contributed by atoms with Gasteiger partial charge in [-0.15, -0.1) is 0 Å². The molecule has 0 saturated heterocycles. The van der Waals surface area contributed by atoms with Crippen LogP contribution in [0.5, 0.6) is 0 Å². The van der Waals surface area contributed by atoms with E-state index in [2.05, 4.69) is 40.2 Å². The van der Waals surface area contributed by atoms with E-state index in [9.17, 15) is 4.79 Å². The fourth-order valence-electron chi connectivity index (χ4n) is 3.12. The molecule has 1 amide bonds. The van der Waals surface area contributed by atoms with Crippen LogP contribution in [-0.4, -0.2) is 15.5 Å². The quantitative estimate of drug-likeness (QED) is 0.749. The van der Waals surface area contributed by atoms with Crippen molar-refractivity contribution in [2.24, 2.45) is 0 Å². The summed E-state index contributed by atoms with van der Waals surface area (Å²) in [5, 5.41) is 2.95. The Morgan fingerprint density at radius 2 is 1.83 bits per heavy atom. The number of carbonyl (C=O) groups excluding carboxylic acids is 1. The van der Waals surface area contributed by atoms with Crippen molar-refractivity contribution in [1.82, 2.24) is 14.9 Å².